The Morgan fingerprint density at radius 3 is 2.47 bits per heavy atom. The fraction of sp³-hybridized carbons (Fsp3) is 0.194. The maximum Gasteiger partial charge on any atom is 0.338 e. The Kier molecular flexibility index (Phi) is 9.46. The Labute approximate surface area is 278 Å². The number of thiazole rings is 1. The van der Waals surface area contributed by atoms with Crippen LogP contribution >= 0.6 is 56.5 Å². The number of halogens is 2. The molecule has 43 heavy (non-hydrogen) atoms. The van der Waals surface area contributed by atoms with Gasteiger partial charge in [-0.1, -0.05) is 53.8 Å². The summed E-state index contributed by atoms with van der Waals surface area (Å²) in [4.78, 5) is 43.3. The molecule has 5 rings (SSSR count). The molecule has 2 heterocycles. The van der Waals surface area contributed by atoms with Gasteiger partial charge in [0.1, 0.15) is 12.4 Å². The normalized spacial score (nSPS) is 14.8. The molecule has 9 nitrogen and oxygen atoms in total. The fourth-order valence-electron chi connectivity index (χ4n) is 4.67. The lowest BCUT2D eigenvalue weighted by Gasteiger charge is -2.25. The minimum absolute atomic E-state index is 0.149. The number of carbonyl (C=O) groups excluding carboxylic acids is 1. The predicted molar refractivity (Wildman–Crippen MR) is 181 cm³/mol. The van der Waals surface area contributed by atoms with Crippen molar-refractivity contribution in [1.82, 2.24) is 4.57 Å². The lowest BCUT2D eigenvalue weighted by molar-refractivity contribution is -0.384. The lowest BCUT2D eigenvalue weighted by atomic mass is 9.95. The first kappa shape index (κ1) is 31.1. The summed E-state index contributed by atoms with van der Waals surface area (Å²) in [7, 11) is 0. The quantitative estimate of drug-likeness (QED) is 0.0951. The number of nitro groups is 1. The highest BCUT2D eigenvalue weighted by atomic mass is 127. The van der Waals surface area contributed by atoms with Crippen LogP contribution < -0.4 is 19.6 Å². The molecule has 0 saturated carbocycles. The van der Waals surface area contributed by atoms with Gasteiger partial charge in [0.15, 0.2) is 4.80 Å². The number of rotatable bonds is 8. The number of hydrogen-bond acceptors (Lipinski definition) is 8. The van der Waals surface area contributed by atoms with Gasteiger partial charge in [-0.05, 0) is 101 Å². The molecule has 12 heteroatoms. The second kappa shape index (κ2) is 13.1. The van der Waals surface area contributed by atoms with Crippen molar-refractivity contribution in [2.24, 2.45) is 4.99 Å². The number of carbonyl (C=O) groups is 1. The highest BCUT2D eigenvalue weighted by Crippen LogP contribution is 2.33. The monoisotopic (exact) mass is 821 g/mol. The summed E-state index contributed by atoms with van der Waals surface area (Å²) < 4.78 is 15.2. The first-order valence-electron chi connectivity index (χ1n) is 13.2. The van der Waals surface area contributed by atoms with Crippen LogP contribution in [0, 0.1) is 17.3 Å². The molecular weight excluding hydrogens is 796 g/mol. The molecule has 0 amide bonds. The number of fused-ring (bicyclic) bond motifs is 1. The van der Waals surface area contributed by atoms with E-state index in [1.54, 1.807) is 32.9 Å². The Hall–Kier alpha value is -3.37. The van der Waals surface area contributed by atoms with Gasteiger partial charge in [-0.2, -0.15) is 0 Å². The van der Waals surface area contributed by atoms with Crippen LogP contribution in [0.25, 0.3) is 6.08 Å². The van der Waals surface area contributed by atoms with Gasteiger partial charge in [0.05, 0.1) is 40.0 Å². The molecule has 1 atom stereocenters. The smallest absolute Gasteiger partial charge is 0.338 e. The van der Waals surface area contributed by atoms with Gasteiger partial charge >= 0.3 is 5.97 Å². The van der Waals surface area contributed by atoms with E-state index in [9.17, 15) is 19.7 Å². The number of allylic oxidation sites excluding steroid dienone is 1. The van der Waals surface area contributed by atoms with Crippen molar-refractivity contribution < 1.29 is 19.2 Å². The van der Waals surface area contributed by atoms with Crippen molar-refractivity contribution >= 4 is 74.3 Å². The van der Waals surface area contributed by atoms with E-state index in [4.69, 9.17) is 9.47 Å². The first-order valence-corrected chi connectivity index (χ1v) is 16.1. The van der Waals surface area contributed by atoms with Crippen molar-refractivity contribution in [2.45, 2.75) is 39.5 Å². The largest absolute Gasteiger partial charge is 0.487 e. The molecule has 0 saturated heterocycles. The SMILES string of the molecule is CC1=C(C(=O)OC(C)C)[C@H](c2cccc([N+](=O)[O-])c2)n2c(s/c(=C/c3cc(I)c(OCc4ccccc4)c(I)c3)c2=O)=N1. The van der Waals surface area contributed by atoms with Gasteiger partial charge in [0.2, 0.25) is 0 Å². The molecule has 4 aromatic rings. The van der Waals surface area contributed by atoms with Crippen LogP contribution in [0.4, 0.5) is 5.69 Å². The van der Waals surface area contributed by atoms with Gasteiger partial charge in [0.25, 0.3) is 11.2 Å². The zero-order chi connectivity index (χ0) is 30.8. The average Bonchev–Trinajstić information content (AvgIpc) is 3.25. The third-order valence-corrected chi connectivity index (χ3v) is 9.11. The number of ether oxygens (including phenoxy) is 2. The summed E-state index contributed by atoms with van der Waals surface area (Å²) in [5.74, 6) is 0.135. The van der Waals surface area contributed by atoms with Gasteiger partial charge in [0, 0.05) is 12.1 Å². The van der Waals surface area contributed by atoms with E-state index in [-0.39, 0.29) is 16.8 Å². The van der Waals surface area contributed by atoms with Crippen LogP contribution in [0.2, 0.25) is 0 Å². The van der Waals surface area contributed by atoms with E-state index in [2.05, 4.69) is 50.2 Å². The molecule has 1 aromatic heterocycles. The average molecular weight is 821 g/mol. The van der Waals surface area contributed by atoms with E-state index in [1.165, 1.54) is 34.1 Å². The number of nitrogens with zero attached hydrogens (tertiary/aromatic N) is 3. The minimum atomic E-state index is -0.946. The van der Waals surface area contributed by atoms with Crippen LogP contribution in [0.15, 0.2) is 87.8 Å². The number of nitro benzene ring substituents is 1. The molecule has 1 aliphatic rings. The highest BCUT2D eigenvalue weighted by Gasteiger charge is 2.34. The maximum absolute atomic E-state index is 14.0. The van der Waals surface area contributed by atoms with Crippen LogP contribution in [0.3, 0.4) is 0 Å². The van der Waals surface area contributed by atoms with Gasteiger partial charge < -0.3 is 9.47 Å². The van der Waals surface area contributed by atoms with Crippen LogP contribution in [-0.2, 0) is 16.1 Å². The Morgan fingerprint density at radius 1 is 1.12 bits per heavy atom. The molecule has 0 spiro atoms. The van der Waals surface area contributed by atoms with Crippen molar-refractivity contribution in [3.63, 3.8) is 0 Å². The summed E-state index contributed by atoms with van der Waals surface area (Å²) in [5, 5.41) is 11.6. The van der Waals surface area contributed by atoms with E-state index in [0.717, 1.165) is 24.0 Å². The standard InChI is InChI=1S/C31H25I2N3O6S/c1-17(2)42-30(38)26-18(3)34-31-35(27(26)21-10-7-11-22(15-21)36(39)40)29(37)25(43-31)14-20-12-23(32)28(24(33)13-20)41-16-19-8-5-4-6-9-19/h4-15,17,27H,16H2,1-3H3/b25-14+/t27-/m0/s1. The third-order valence-electron chi connectivity index (χ3n) is 6.53. The summed E-state index contributed by atoms with van der Waals surface area (Å²) in [6, 6.07) is 18.8. The molecule has 0 unspecified atom stereocenters. The van der Waals surface area contributed by atoms with Crippen LogP contribution in [-0.4, -0.2) is 21.6 Å². The van der Waals surface area contributed by atoms with E-state index >= 15 is 0 Å². The Balaban J connectivity index is 1.59. The van der Waals surface area contributed by atoms with Gasteiger partial charge in [-0.3, -0.25) is 19.5 Å². The highest BCUT2D eigenvalue weighted by molar-refractivity contribution is 14.1. The second-order valence-corrected chi connectivity index (χ2v) is 13.3. The van der Waals surface area contributed by atoms with Gasteiger partial charge in [-0.15, -0.1) is 0 Å². The molecule has 220 valence electrons. The molecule has 0 aliphatic carbocycles. The number of esters is 1. The van der Waals surface area contributed by atoms with Crippen molar-refractivity contribution in [3.05, 3.63) is 132 Å². The number of aromatic nitrogens is 1. The summed E-state index contributed by atoms with van der Waals surface area (Å²) in [5.41, 5.74) is 2.31. The summed E-state index contributed by atoms with van der Waals surface area (Å²) in [6.07, 6.45) is 1.37. The predicted octanol–water partition coefficient (Wildman–Crippen LogP) is 5.88. The topological polar surface area (TPSA) is 113 Å². The number of benzene rings is 3. The number of non-ortho nitro benzene ring substituents is 1. The Morgan fingerprint density at radius 2 is 1.81 bits per heavy atom. The molecule has 0 radical (unpaired) electrons. The van der Waals surface area contributed by atoms with Crippen molar-refractivity contribution in [3.8, 4) is 5.75 Å². The maximum atomic E-state index is 14.0. The second-order valence-electron chi connectivity index (χ2n) is 9.98. The first-order chi connectivity index (χ1) is 20.5. The molecule has 0 bridgehead atoms. The summed E-state index contributed by atoms with van der Waals surface area (Å²) in [6.45, 7) is 5.57. The summed E-state index contributed by atoms with van der Waals surface area (Å²) >= 11 is 5.64. The minimum Gasteiger partial charge on any atom is -0.487 e. The Bertz CT molecular complexity index is 1930. The fourth-order valence-corrected chi connectivity index (χ4v) is 7.84. The zero-order valence-corrected chi connectivity index (χ0v) is 28.4. The zero-order valence-electron chi connectivity index (χ0n) is 23.2. The molecule has 0 N–H and O–H groups in total. The molecule has 3 aromatic carbocycles. The lowest BCUT2D eigenvalue weighted by Crippen LogP contribution is -2.40. The van der Waals surface area contributed by atoms with E-state index < -0.39 is 23.0 Å². The third kappa shape index (κ3) is 6.75. The van der Waals surface area contributed by atoms with Crippen LogP contribution in [0.1, 0.15) is 43.5 Å². The molecule has 1 aliphatic heterocycles. The van der Waals surface area contributed by atoms with Crippen molar-refractivity contribution in [2.75, 3.05) is 0 Å². The van der Waals surface area contributed by atoms with E-state index in [0.29, 0.717) is 27.2 Å². The van der Waals surface area contributed by atoms with Crippen LogP contribution in [0.5, 0.6) is 5.75 Å². The van der Waals surface area contributed by atoms with Crippen molar-refractivity contribution in [1.29, 1.82) is 0 Å². The molecule has 0 fully saturated rings. The number of hydrogen-bond donors (Lipinski definition) is 0. The van der Waals surface area contributed by atoms with Gasteiger partial charge in [-0.25, -0.2) is 9.79 Å². The van der Waals surface area contributed by atoms with E-state index in [1.807, 2.05) is 42.5 Å². The molecular formula is C31H25I2N3O6S.